The molecule has 15 heavy (non-hydrogen) atoms. The Hall–Kier alpha value is -0.0900. The number of hydrogen-bond acceptors (Lipinski definition) is 1. The maximum Gasteiger partial charge on any atom is 0.0130 e. The van der Waals surface area contributed by atoms with Crippen LogP contribution in [0.3, 0.4) is 0 Å². The molecule has 0 heterocycles. The van der Waals surface area contributed by atoms with E-state index in [4.69, 9.17) is 0 Å². The third-order valence-corrected chi connectivity index (χ3v) is 3.84. The van der Waals surface area contributed by atoms with Crippen LogP contribution in [0.2, 0.25) is 0 Å². The molecule has 0 spiro atoms. The predicted octanol–water partition coefficient (Wildman–Crippen LogP) is 3.22. The Labute approximate surface area is 106 Å². The minimum absolute atomic E-state index is 0.664. The van der Waals surface area contributed by atoms with Crippen molar-refractivity contribution < 1.29 is 0 Å². The molecule has 0 radical (unpaired) electrons. The Morgan fingerprint density at radius 2 is 2.00 bits per heavy atom. The van der Waals surface area contributed by atoms with Crippen molar-refractivity contribution in [3.8, 4) is 0 Å². The summed E-state index contributed by atoms with van der Waals surface area (Å²) >= 11 is 2.35. The van der Waals surface area contributed by atoms with Crippen LogP contribution in [-0.2, 0) is 6.42 Å². The number of rotatable bonds is 5. The first-order chi connectivity index (χ1) is 7.28. The van der Waals surface area contributed by atoms with Gasteiger partial charge in [0.1, 0.15) is 0 Å². The second kappa shape index (κ2) is 5.30. The fourth-order valence-electron chi connectivity index (χ4n) is 1.96. The molecule has 1 saturated carbocycles. The van der Waals surface area contributed by atoms with E-state index in [0.29, 0.717) is 6.04 Å². The fraction of sp³-hybridized carbons (Fsp3) is 0.538. The predicted molar refractivity (Wildman–Crippen MR) is 73.1 cm³/mol. The summed E-state index contributed by atoms with van der Waals surface area (Å²) in [6.07, 6.45) is 5.42. The molecule has 1 nitrogen and oxygen atoms in total. The van der Waals surface area contributed by atoms with E-state index < -0.39 is 0 Å². The van der Waals surface area contributed by atoms with Crippen LogP contribution in [0.1, 0.15) is 24.8 Å². The Bertz CT molecular complexity index is 303. The highest BCUT2D eigenvalue weighted by Gasteiger charge is 2.24. The maximum atomic E-state index is 3.43. The van der Waals surface area contributed by atoms with Crippen molar-refractivity contribution in [2.75, 3.05) is 7.05 Å². The van der Waals surface area contributed by atoms with Gasteiger partial charge in [-0.15, -0.1) is 0 Å². The molecule has 1 atom stereocenters. The van der Waals surface area contributed by atoms with Crippen molar-refractivity contribution in [1.82, 2.24) is 5.32 Å². The molecule has 1 fully saturated rings. The summed E-state index contributed by atoms with van der Waals surface area (Å²) in [6.45, 7) is 0. The SMILES string of the molecule is CNC(Cc1ccc(I)cc1)CC1CC1. The highest BCUT2D eigenvalue weighted by Crippen LogP contribution is 2.34. The lowest BCUT2D eigenvalue weighted by Crippen LogP contribution is -2.28. The normalized spacial score (nSPS) is 17.7. The highest BCUT2D eigenvalue weighted by molar-refractivity contribution is 14.1. The van der Waals surface area contributed by atoms with Crippen LogP contribution >= 0.6 is 22.6 Å². The minimum Gasteiger partial charge on any atom is -0.317 e. The molecule has 0 aromatic heterocycles. The van der Waals surface area contributed by atoms with Gasteiger partial charge in [-0.05, 0) is 66.1 Å². The topological polar surface area (TPSA) is 12.0 Å². The van der Waals surface area contributed by atoms with Gasteiger partial charge in [-0.2, -0.15) is 0 Å². The van der Waals surface area contributed by atoms with Gasteiger partial charge in [0.25, 0.3) is 0 Å². The Kier molecular flexibility index (Phi) is 4.03. The standard InChI is InChI=1S/C13H18IN/c1-15-13(8-10-2-3-10)9-11-4-6-12(14)7-5-11/h4-7,10,13,15H,2-3,8-9H2,1H3. The summed E-state index contributed by atoms with van der Waals surface area (Å²) in [7, 11) is 2.08. The van der Waals surface area contributed by atoms with Crippen LogP contribution in [-0.4, -0.2) is 13.1 Å². The summed E-state index contributed by atoms with van der Waals surface area (Å²) in [4.78, 5) is 0. The molecule has 1 N–H and O–H groups in total. The fourth-order valence-corrected chi connectivity index (χ4v) is 2.32. The van der Waals surface area contributed by atoms with Gasteiger partial charge >= 0.3 is 0 Å². The molecule has 2 heteroatoms. The Morgan fingerprint density at radius 1 is 1.33 bits per heavy atom. The number of hydrogen-bond donors (Lipinski definition) is 1. The summed E-state index contributed by atoms with van der Waals surface area (Å²) in [6, 6.07) is 9.55. The van der Waals surface area contributed by atoms with Crippen molar-refractivity contribution in [1.29, 1.82) is 0 Å². The van der Waals surface area contributed by atoms with E-state index in [2.05, 4.69) is 59.2 Å². The minimum atomic E-state index is 0.664. The van der Waals surface area contributed by atoms with Crippen molar-refractivity contribution in [3.63, 3.8) is 0 Å². The molecule has 1 aliphatic rings. The Morgan fingerprint density at radius 3 is 2.53 bits per heavy atom. The van der Waals surface area contributed by atoms with Gasteiger partial charge in [0, 0.05) is 9.61 Å². The smallest absolute Gasteiger partial charge is 0.0130 e. The average Bonchev–Trinajstić information content (AvgIpc) is 3.04. The van der Waals surface area contributed by atoms with Crippen LogP contribution in [0, 0.1) is 9.49 Å². The van der Waals surface area contributed by atoms with Crippen molar-refractivity contribution in [2.24, 2.45) is 5.92 Å². The molecule has 0 amide bonds. The molecule has 82 valence electrons. The third-order valence-electron chi connectivity index (χ3n) is 3.12. The van der Waals surface area contributed by atoms with E-state index in [1.54, 1.807) is 0 Å². The molecular formula is C13H18IN. The zero-order valence-electron chi connectivity index (χ0n) is 9.17. The zero-order valence-corrected chi connectivity index (χ0v) is 11.3. The lowest BCUT2D eigenvalue weighted by atomic mass is 10.0. The number of nitrogens with one attached hydrogen (secondary N) is 1. The lowest BCUT2D eigenvalue weighted by Gasteiger charge is -2.15. The first-order valence-electron chi connectivity index (χ1n) is 5.69. The first kappa shape index (κ1) is 11.4. The lowest BCUT2D eigenvalue weighted by molar-refractivity contribution is 0.490. The second-order valence-electron chi connectivity index (χ2n) is 4.50. The highest BCUT2D eigenvalue weighted by atomic mass is 127. The molecule has 1 aromatic carbocycles. The molecule has 1 aromatic rings. The van der Waals surface area contributed by atoms with Gasteiger partial charge in [-0.25, -0.2) is 0 Å². The summed E-state index contributed by atoms with van der Waals surface area (Å²) < 4.78 is 1.32. The molecular weight excluding hydrogens is 297 g/mol. The van der Waals surface area contributed by atoms with Gasteiger partial charge in [-0.1, -0.05) is 25.0 Å². The zero-order chi connectivity index (χ0) is 10.7. The summed E-state index contributed by atoms with van der Waals surface area (Å²) in [5, 5.41) is 3.43. The quantitative estimate of drug-likeness (QED) is 0.823. The van der Waals surface area contributed by atoms with Crippen molar-refractivity contribution >= 4 is 22.6 Å². The first-order valence-corrected chi connectivity index (χ1v) is 6.77. The van der Waals surface area contributed by atoms with E-state index in [-0.39, 0.29) is 0 Å². The summed E-state index contributed by atoms with van der Waals surface area (Å²) in [5.41, 5.74) is 1.45. The molecule has 1 unspecified atom stereocenters. The van der Waals surface area contributed by atoms with Gasteiger partial charge < -0.3 is 5.32 Å². The average molecular weight is 315 g/mol. The molecule has 2 rings (SSSR count). The van der Waals surface area contributed by atoms with Crippen LogP contribution in [0.5, 0.6) is 0 Å². The number of halogens is 1. The number of benzene rings is 1. The van der Waals surface area contributed by atoms with Gasteiger partial charge in [0.2, 0.25) is 0 Å². The number of likely N-dealkylation sites (N-methyl/N-ethyl adjacent to an activating group) is 1. The molecule has 0 bridgehead atoms. The van der Waals surface area contributed by atoms with E-state index in [9.17, 15) is 0 Å². The van der Waals surface area contributed by atoms with E-state index in [0.717, 1.165) is 5.92 Å². The summed E-state index contributed by atoms with van der Waals surface area (Å²) in [5.74, 6) is 1.01. The van der Waals surface area contributed by atoms with Crippen molar-refractivity contribution in [3.05, 3.63) is 33.4 Å². The van der Waals surface area contributed by atoms with Gasteiger partial charge in [-0.3, -0.25) is 0 Å². The Balaban J connectivity index is 1.89. The largest absolute Gasteiger partial charge is 0.317 e. The molecule has 1 aliphatic carbocycles. The van der Waals surface area contributed by atoms with E-state index >= 15 is 0 Å². The maximum absolute atomic E-state index is 3.43. The van der Waals surface area contributed by atoms with Crippen LogP contribution < -0.4 is 5.32 Å². The van der Waals surface area contributed by atoms with Crippen LogP contribution in [0.25, 0.3) is 0 Å². The third kappa shape index (κ3) is 3.76. The molecule has 0 aliphatic heterocycles. The van der Waals surface area contributed by atoms with Crippen LogP contribution in [0.15, 0.2) is 24.3 Å². The monoisotopic (exact) mass is 315 g/mol. The van der Waals surface area contributed by atoms with Gasteiger partial charge in [0.05, 0.1) is 0 Å². The molecule has 0 saturated heterocycles. The van der Waals surface area contributed by atoms with E-state index in [1.165, 1.54) is 34.8 Å². The van der Waals surface area contributed by atoms with Gasteiger partial charge in [0.15, 0.2) is 0 Å². The van der Waals surface area contributed by atoms with Crippen LogP contribution in [0.4, 0.5) is 0 Å². The van der Waals surface area contributed by atoms with E-state index in [1.807, 2.05) is 0 Å². The van der Waals surface area contributed by atoms with Crippen molar-refractivity contribution in [2.45, 2.75) is 31.7 Å². The second-order valence-corrected chi connectivity index (χ2v) is 5.74.